The Kier molecular flexibility index (Phi) is 5.53. The Bertz CT molecular complexity index is 899. The summed E-state index contributed by atoms with van der Waals surface area (Å²) < 4.78 is -0.715. The Morgan fingerprint density at radius 3 is 2.70 bits per heavy atom. The van der Waals surface area contributed by atoms with Crippen LogP contribution in [0.1, 0.15) is 20.3 Å². The fraction of sp³-hybridized carbons (Fsp3) is 0.571. The summed E-state index contributed by atoms with van der Waals surface area (Å²) >= 11 is 7.83. The van der Waals surface area contributed by atoms with Gasteiger partial charge in [0.25, 0.3) is 0 Å². The predicted molar refractivity (Wildman–Crippen MR) is 116 cm³/mol. The van der Waals surface area contributed by atoms with Gasteiger partial charge in [-0.25, -0.2) is 0 Å². The first-order valence-corrected chi connectivity index (χ1v) is 11.4. The van der Waals surface area contributed by atoms with Gasteiger partial charge in [0.2, 0.25) is 17.7 Å². The second-order valence-electron chi connectivity index (χ2n) is 8.41. The summed E-state index contributed by atoms with van der Waals surface area (Å²) in [7, 11) is 1.57. The van der Waals surface area contributed by atoms with E-state index < -0.39 is 28.7 Å². The zero-order valence-corrected chi connectivity index (χ0v) is 18.7. The molecule has 2 bridgehead atoms. The highest BCUT2D eigenvalue weighted by molar-refractivity contribution is 8.02. The van der Waals surface area contributed by atoms with E-state index in [1.807, 2.05) is 0 Å². The van der Waals surface area contributed by atoms with E-state index in [0.717, 1.165) is 6.42 Å². The third-order valence-electron chi connectivity index (χ3n) is 6.85. The highest BCUT2D eigenvalue weighted by Crippen LogP contribution is 2.68. The third kappa shape index (κ3) is 2.87. The number of halogens is 1. The molecule has 0 aliphatic carbocycles. The Morgan fingerprint density at radius 2 is 2.07 bits per heavy atom. The molecule has 3 unspecified atom stereocenters. The first kappa shape index (κ1) is 21.5. The average molecular weight is 452 g/mol. The summed E-state index contributed by atoms with van der Waals surface area (Å²) in [6.07, 6.45) is 0.768. The first-order chi connectivity index (χ1) is 14.3. The molecule has 1 aromatic rings. The number of hydrogen-bond donors (Lipinski definition) is 3. The largest absolute Gasteiger partial charge is 0.394 e. The molecule has 0 saturated carbocycles. The number of hydrogen-bond acceptors (Lipinski definition) is 5. The number of nitrogens with zero attached hydrogens (tertiary/aromatic N) is 1. The van der Waals surface area contributed by atoms with Crippen molar-refractivity contribution in [3.05, 3.63) is 29.3 Å². The van der Waals surface area contributed by atoms with Crippen molar-refractivity contribution in [3.8, 4) is 0 Å². The highest BCUT2D eigenvalue weighted by Gasteiger charge is 2.76. The minimum Gasteiger partial charge on any atom is -0.394 e. The van der Waals surface area contributed by atoms with Gasteiger partial charge >= 0.3 is 0 Å². The Labute approximate surface area is 184 Å². The molecule has 7 atom stereocenters. The van der Waals surface area contributed by atoms with E-state index in [2.05, 4.69) is 17.6 Å². The van der Waals surface area contributed by atoms with Crippen LogP contribution in [0.25, 0.3) is 0 Å². The Balaban J connectivity index is 1.78. The van der Waals surface area contributed by atoms with Crippen LogP contribution in [-0.4, -0.2) is 63.5 Å². The van der Waals surface area contributed by atoms with Crippen molar-refractivity contribution in [1.29, 1.82) is 0 Å². The lowest BCUT2D eigenvalue weighted by Gasteiger charge is -2.39. The van der Waals surface area contributed by atoms with Crippen molar-refractivity contribution < 1.29 is 19.5 Å². The summed E-state index contributed by atoms with van der Waals surface area (Å²) in [5.74, 6) is -1.73. The lowest BCUT2D eigenvalue weighted by molar-refractivity contribution is -0.141. The monoisotopic (exact) mass is 451 g/mol. The molecule has 3 amide bonds. The molecule has 1 aromatic carbocycles. The normalized spacial score (nSPS) is 35.3. The van der Waals surface area contributed by atoms with E-state index in [4.69, 9.17) is 11.6 Å². The summed E-state index contributed by atoms with van der Waals surface area (Å²) in [5, 5.41) is 15.8. The number of benzene rings is 1. The van der Waals surface area contributed by atoms with Gasteiger partial charge in [-0.05, 0) is 31.4 Å². The van der Waals surface area contributed by atoms with Gasteiger partial charge < -0.3 is 20.6 Å². The van der Waals surface area contributed by atoms with E-state index in [0.29, 0.717) is 10.7 Å². The van der Waals surface area contributed by atoms with Gasteiger partial charge in [-0.3, -0.25) is 14.4 Å². The number of fused-ring (bicyclic) bond motifs is 1. The van der Waals surface area contributed by atoms with Crippen LogP contribution in [0, 0.1) is 17.8 Å². The maximum absolute atomic E-state index is 13.6. The maximum Gasteiger partial charge on any atom is 0.248 e. The van der Waals surface area contributed by atoms with Gasteiger partial charge in [0.05, 0.1) is 39.9 Å². The number of anilines is 1. The molecule has 0 radical (unpaired) electrons. The molecule has 3 aliphatic heterocycles. The molecular formula is C21H26ClN3O4S. The van der Waals surface area contributed by atoms with Crippen molar-refractivity contribution in [2.45, 2.75) is 42.3 Å². The van der Waals surface area contributed by atoms with Crippen LogP contribution >= 0.6 is 23.4 Å². The van der Waals surface area contributed by atoms with E-state index in [1.165, 1.54) is 4.90 Å². The number of para-hydroxylation sites is 1. The van der Waals surface area contributed by atoms with Gasteiger partial charge in [-0.2, -0.15) is 0 Å². The summed E-state index contributed by atoms with van der Waals surface area (Å²) in [6.45, 7) is 3.51. The lowest BCUT2D eigenvalue weighted by atomic mass is 9.66. The van der Waals surface area contributed by atoms with Gasteiger partial charge in [0, 0.05) is 12.3 Å². The smallest absolute Gasteiger partial charge is 0.248 e. The van der Waals surface area contributed by atoms with Crippen LogP contribution in [-0.2, 0) is 14.4 Å². The van der Waals surface area contributed by atoms with Gasteiger partial charge in [0.15, 0.2) is 0 Å². The zero-order valence-electron chi connectivity index (χ0n) is 17.1. The number of aliphatic hydroxyl groups excluding tert-OH is 1. The molecule has 3 aliphatic rings. The SMILES string of the molecule is CNC(=O)[C@@H]1[C@H]2C(=O)N([C@H](C)CO)C(C(=O)Nc3ccccc3Cl)C23S[C@@H]1CC3C. The van der Waals surface area contributed by atoms with Crippen molar-refractivity contribution in [1.82, 2.24) is 10.2 Å². The van der Waals surface area contributed by atoms with Crippen LogP contribution in [0.5, 0.6) is 0 Å². The molecular weight excluding hydrogens is 426 g/mol. The molecule has 30 heavy (non-hydrogen) atoms. The van der Waals surface area contributed by atoms with Crippen molar-refractivity contribution in [2.75, 3.05) is 19.0 Å². The number of carbonyl (C=O) groups is 3. The fourth-order valence-electron chi connectivity index (χ4n) is 5.55. The van der Waals surface area contributed by atoms with Crippen molar-refractivity contribution >= 4 is 46.8 Å². The molecule has 3 N–H and O–H groups in total. The minimum absolute atomic E-state index is 0.00361. The first-order valence-electron chi connectivity index (χ1n) is 10.2. The van der Waals surface area contributed by atoms with E-state index in [-0.39, 0.29) is 35.5 Å². The second kappa shape index (κ2) is 7.73. The Hall–Kier alpha value is -1.77. The summed E-state index contributed by atoms with van der Waals surface area (Å²) in [5.41, 5.74) is 0.473. The molecule has 3 fully saturated rings. The topological polar surface area (TPSA) is 98.7 Å². The molecule has 1 spiro atoms. The van der Waals surface area contributed by atoms with E-state index in [9.17, 15) is 19.5 Å². The number of aliphatic hydroxyl groups is 1. The van der Waals surface area contributed by atoms with Crippen molar-refractivity contribution in [2.24, 2.45) is 17.8 Å². The summed E-state index contributed by atoms with van der Waals surface area (Å²) in [4.78, 5) is 41.4. The van der Waals surface area contributed by atoms with Gasteiger partial charge in [0.1, 0.15) is 6.04 Å². The Morgan fingerprint density at radius 1 is 1.37 bits per heavy atom. The van der Waals surface area contributed by atoms with Crippen LogP contribution in [0.4, 0.5) is 5.69 Å². The maximum atomic E-state index is 13.6. The lowest BCUT2D eigenvalue weighted by Crippen LogP contribution is -2.56. The molecule has 9 heteroatoms. The summed E-state index contributed by atoms with van der Waals surface area (Å²) in [6, 6.07) is 5.60. The van der Waals surface area contributed by atoms with E-state index in [1.54, 1.807) is 50.0 Å². The quantitative estimate of drug-likeness (QED) is 0.633. The number of likely N-dealkylation sites (tertiary alicyclic amines) is 1. The molecule has 3 saturated heterocycles. The number of rotatable bonds is 5. The number of amides is 3. The number of carbonyl (C=O) groups excluding carboxylic acids is 3. The van der Waals surface area contributed by atoms with Gasteiger partial charge in [-0.15, -0.1) is 11.8 Å². The minimum atomic E-state index is -0.798. The molecule has 3 heterocycles. The van der Waals surface area contributed by atoms with E-state index >= 15 is 0 Å². The van der Waals surface area contributed by atoms with Crippen LogP contribution in [0.2, 0.25) is 5.02 Å². The highest BCUT2D eigenvalue weighted by atomic mass is 35.5. The van der Waals surface area contributed by atoms with Crippen LogP contribution in [0.15, 0.2) is 24.3 Å². The molecule has 4 rings (SSSR count). The van der Waals surface area contributed by atoms with Crippen LogP contribution < -0.4 is 10.6 Å². The average Bonchev–Trinajstić information content (AvgIpc) is 3.32. The van der Waals surface area contributed by atoms with Gasteiger partial charge in [-0.1, -0.05) is 30.7 Å². The second-order valence-corrected chi connectivity index (χ2v) is 10.4. The van der Waals surface area contributed by atoms with Crippen LogP contribution in [0.3, 0.4) is 0 Å². The van der Waals surface area contributed by atoms with Crippen molar-refractivity contribution in [3.63, 3.8) is 0 Å². The molecule has 0 aromatic heterocycles. The third-order valence-corrected chi connectivity index (χ3v) is 9.26. The standard InChI is InChI=1S/C21H26ClN3O4S/c1-10-8-14-15(18(27)23-3)16-20(29)25(11(2)9-26)17(21(10,16)30-14)19(28)24-13-7-5-4-6-12(13)22/h4-7,10-11,14-17,26H,8-9H2,1-3H3,(H,23,27)(H,24,28)/t10?,11-,14-,15+,16+,17?,21?/m1/s1. The zero-order chi connectivity index (χ0) is 21.8. The fourth-order valence-corrected chi connectivity index (χ4v) is 8.14. The molecule has 162 valence electrons. The number of thioether (sulfide) groups is 1. The molecule has 7 nitrogen and oxygen atoms in total. The predicted octanol–water partition coefficient (Wildman–Crippen LogP) is 1.74. The number of nitrogens with one attached hydrogen (secondary N) is 2.